The van der Waals surface area contributed by atoms with Crippen molar-refractivity contribution in [2.75, 3.05) is 11.9 Å². The van der Waals surface area contributed by atoms with Crippen LogP contribution >= 0.6 is 0 Å². The van der Waals surface area contributed by atoms with E-state index in [-0.39, 0.29) is 5.95 Å². The minimum Gasteiger partial charge on any atom is -0.351 e. The molecule has 1 N–H and O–H groups in total. The zero-order valence-electron chi connectivity index (χ0n) is 12.4. The van der Waals surface area contributed by atoms with Crippen molar-refractivity contribution in [1.29, 1.82) is 0 Å². The van der Waals surface area contributed by atoms with E-state index in [1.807, 2.05) is 10.8 Å². The molecule has 0 aliphatic carbocycles. The molecule has 0 spiro atoms. The summed E-state index contributed by atoms with van der Waals surface area (Å²) in [6.07, 6.45) is 2.10. The summed E-state index contributed by atoms with van der Waals surface area (Å²) in [4.78, 5) is 8.14. The Kier molecular flexibility index (Phi) is 4.41. The second-order valence-corrected chi connectivity index (χ2v) is 4.97. The molecule has 2 heterocycles. The van der Waals surface area contributed by atoms with Crippen LogP contribution in [0.5, 0.6) is 0 Å². The van der Waals surface area contributed by atoms with Gasteiger partial charge in [0.25, 0.3) is 0 Å². The average molecular weight is 334 g/mol. The van der Waals surface area contributed by atoms with Gasteiger partial charge in [-0.3, -0.25) is 0 Å². The van der Waals surface area contributed by atoms with Crippen LogP contribution in [0.1, 0.15) is 5.56 Å². The summed E-state index contributed by atoms with van der Waals surface area (Å²) < 4.78 is 40.3. The van der Waals surface area contributed by atoms with Crippen molar-refractivity contribution in [3.05, 3.63) is 54.7 Å². The van der Waals surface area contributed by atoms with Crippen molar-refractivity contribution in [2.24, 2.45) is 0 Å². The topological polar surface area (TPSA) is 68.5 Å². The third kappa shape index (κ3) is 3.86. The fourth-order valence-corrected chi connectivity index (χ4v) is 2.09. The van der Waals surface area contributed by atoms with Crippen LogP contribution in [-0.2, 0) is 12.7 Å². The number of hydrogen-bond donors (Lipinski definition) is 1. The summed E-state index contributed by atoms with van der Waals surface area (Å²) in [6.45, 7) is 1.18. The van der Waals surface area contributed by atoms with Crippen LogP contribution < -0.4 is 5.32 Å². The standard InChI is InChI=1S/C15H13F3N6/c16-15(17,18)12-3-1-2-11(8-12)13-9-21-23-14(22-13)20-5-7-24-6-4-19-10-24/h1-4,6,8-10H,5,7H2,(H,20,22,23). The molecule has 3 rings (SSSR count). The molecule has 6 nitrogen and oxygen atoms in total. The molecule has 0 unspecified atom stereocenters. The van der Waals surface area contributed by atoms with Crippen LogP contribution in [0.3, 0.4) is 0 Å². The highest BCUT2D eigenvalue weighted by Gasteiger charge is 2.30. The number of hydrogen-bond acceptors (Lipinski definition) is 5. The van der Waals surface area contributed by atoms with E-state index in [0.717, 1.165) is 12.1 Å². The normalized spacial score (nSPS) is 11.5. The average Bonchev–Trinajstić information content (AvgIpc) is 3.08. The molecule has 3 aromatic rings. The highest BCUT2D eigenvalue weighted by molar-refractivity contribution is 5.60. The largest absolute Gasteiger partial charge is 0.416 e. The van der Waals surface area contributed by atoms with Gasteiger partial charge >= 0.3 is 6.18 Å². The number of alkyl halides is 3. The second-order valence-electron chi connectivity index (χ2n) is 4.97. The Morgan fingerprint density at radius 3 is 2.83 bits per heavy atom. The maximum Gasteiger partial charge on any atom is 0.416 e. The number of imidazole rings is 1. The number of rotatable bonds is 5. The highest BCUT2D eigenvalue weighted by Crippen LogP contribution is 2.31. The van der Waals surface area contributed by atoms with Crippen molar-refractivity contribution in [3.63, 3.8) is 0 Å². The van der Waals surface area contributed by atoms with Crippen molar-refractivity contribution >= 4 is 5.95 Å². The zero-order valence-corrected chi connectivity index (χ0v) is 12.4. The first-order valence-electron chi connectivity index (χ1n) is 7.09. The fourth-order valence-electron chi connectivity index (χ4n) is 2.09. The lowest BCUT2D eigenvalue weighted by molar-refractivity contribution is -0.137. The van der Waals surface area contributed by atoms with E-state index in [1.165, 1.54) is 12.3 Å². The van der Waals surface area contributed by atoms with E-state index in [1.54, 1.807) is 18.6 Å². The van der Waals surface area contributed by atoms with Gasteiger partial charge in [0.1, 0.15) is 0 Å². The molecule has 9 heteroatoms. The first-order chi connectivity index (χ1) is 11.5. The highest BCUT2D eigenvalue weighted by atomic mass is 19.4. The zero-order chi connectivity index (χ0) is 17.0. The van der Waals surface area contributed by atoms with E-state index >= 15 is 0 Å². The van der Waals surface area contributed by atoms with Gasteiger partial charge in [-0.15, -0.1) is 5.10 Å². The summed E-state index contributed by atoms with van der Waals surface area (Å²) >= 11 is 0. The van der Waals surface area contributed by atoms with Crippen LogP contribution in [0.2, 0.25) is 0 Å². The number of benzene rings is 1. The second kappa shape index (κ2) is 6.65. The van der Waals surface area contributed by atoms with Gasteiger partial charge in [-0.25, -0.2) is 9.97 Å². The Bertz CT molecular complexity index is 801. The third-order valence-corrected chi connectivity index (χ3v) is 3.26. The SMILES string of the molecule is FC(F)(F)c1cccc(-c2cnnc(NCCn3ccnc3)n2)c1. The van der Waals surface area contributed by atoms with Gasteiger partial charge < -0.3 is 9.88 Å². The Morgan fingerprint density at radius 1 is 1.21 bits per heavy atom. The molecule has 0 saturated carbocycles. The van der Waals surface area contributed by atoms with Gasteiger partial charge in [0.2, 0.25) is 5.95 Å². The quantitative estimate of drug-likeness (QED) is 0.777. The Morgan fingerprint density at radius 2 is 2.08 bits per heavy atom. The molecule has 0 amide bonds. The van der Waals surface area contributed by atoms with Crippen LogP contribution in [0, 0.1) is 0 Å². The summed E-state index contributed by atoms with van der Waals surface area (Å²) in [5, 5.41) is 10.6. The molecule has 0 aliphatic heterocycles. The van der Waals surface area contributed by atoms with Crippen molar-refractivity contribution in [2.45, 2.75) is 12.7 Å². The van der Waals surface area contributed by atoms with Crippen LogP contribution in [-0.4, -0.2) is 31.3 Å². The van der Waals surface area contributed by atoms with E-state index in [9.17, 15) is 13.2 Å². The predicted molar refractivity (Wildman–Crippen MR) is 81.0 cm³/mol. The monoisotopic (exact) mass is 334 g/mol. The van der Waals surface area contributed by atoms with Gasteiger partial charge in [0.15, 0.2) is 0 Å². The summed E-state index contributed by atoms with van der Waals surface area (Å²) in [7, 11) is 0. The minimum atomic E-state index is -4.40. The maximum atomic E-state index is 12.8. The molecule has 0 bridgehead atoms. The van der Waals surface area contributed by atoms with Gasteiger partial charge in [0, 0.05) is 31.0 Å². The van der Waals surface area contributed by atoms with Gasteiger partial charge in [0.05, 0.1) is 23.8 Å². The van der Waals surface area contributed by atoms with Crippen molar-refractivity contribution in [3.8, 4) is 11.3 Å². The minimum absolute atomic E-state index is 0.255. The smallest absolute Gasteiger partial charge is 0.351 e. The predicted octanol–water partition coefficient (Wildman–Crippen LogP) is 2.87. The molecule has 0 fully saturated rings. The van der Waals surface area contributed by atoms with Crippen molar-refractivity contribution < 1.29 is 13.2 Å². The number of nitrogens with zero attached hydrogens (tertiary/aromatic N) is 5. The molecule has 0 saturated heterocycles. The number of halogens is 3. The molecule has 24 heavy (non-hydrogen) atoms. The molecular weight excluding hydrogens is 321 g/mol. The lowest BCUT2D eigenvalue weighted by Crippen LogP contribution is -2.12. The fraction of sp³-hybridized carbons (Fsp3) is 0.200. The van der Waals surface area contributed by atoms with Gasteiger partial charge in [-0.2, -0.15) is 18.3 Å². The summed E-state index contributed by atoms with van der Waals surface area (Å²) in [5.41, 5.74) is -0.0770. The van der Waals surface area contributed by atoms with Gasteiger partial charge in [-0.05, 0) is 12.1 Å². The number of anilines is 1. The maximum absolute atomic E-state index is 12.8. The van der Waals surface area contributed by atoms with Crippen molar-refractivity contribution in [1.82, 2.24) is 24.7 Å². The molecule has 124 valence electrons. The van der Waals surface area contributed by atoms with Crippen LogP contribution in [0.4, 0.5) is 19.1 Å². The Balaban J connectivity index is 1.73. The Hall–Kier alpha value is -2.97. The lowest BCUT2D eigenvalue weighted by Gasteiger charge is -2.09. The first-order valence-corrected chi connectivity index (χ1v) is 7.09. The molecule has 0 radical (unpaired) electrons. The first kappa shape index (κ1) is 15.9. The molecule has 1 aromatic carbocycles. The molecule has 0 atom stereocenters. The molecular formula is C15H13F3N6. The van der Waals surface area contributed by atoms with E-state index < -0.39 is 11.7 Å². The van der Waals surface area contributed by atoms with E-state index in [0.29, 0.717) is 24.3 Å². The third-order valence-electron chi connectivity index (χ3n) is 3.26. The van der Waals surface area contributed by atoms with E-state index in [4.69, 9.17) is 0 Å². The van der Waals surface area contributed by atoms with Crippen LogP contribution in [0.25, 0.3) is 11.3 Å². The number of nitrogens with one attached hydrogen (secondary N) is 1. The summed E-state index contributed by atoms with van der Waals surface area (Å²) in [6, 6.07) is 4.95. The van der Waals surface area contributed by atoms with Crippen LogP contribution in [0.15, 0.2) is 49.2 Å². The van der Waals surface area contributed by atoms with E-state index in [2.05, 4.69) is 25.5 Å². The molecule has 2 aromatic heterocycles. The summed E-state index contributed by atoms with van der Waals surface area (Å²) in [5.74, 6) is 0.255. The lowest BCUT2D eigenvalue weighted by atomic mass is 10.1. The number of aromatic nitrogens is 5. The van der Waals surface area contributed by atoms with Gasteiger partial charge in [-0.1, -0.05) is 12.1 Å². The Labute approximate surface area is 135 Å². The molecule has 0 aliphatic rings.